The Balaban J connectivity index is 2.24. The van der Waals surface area contributed by atoms with Gasteiger partial charge in [0.15, 0.2) is 5.96 Å². The molecule has 2 N–H and O–H groups in total. The van der Waals surface area contributed by atoms with Crippen molar-refractivity contribution in [1.82, 2.24) is 4.90 Å². The molecule has 2 unspecified atom stereocenters. The fourth-order valence-electron chi connectivity index (χ4n) is 2.96. The number of nitrogens with two attached hydrogens (primary N) is 1. The SMILES string of the molecule is CCC(C)N1C(N)=NCC1(CC)C1CC1. The summed E-state index contributed by atoms with van der Waals surface area (Å²) in [6.45, 7) is 7.69. The Morgan fingerprint density at radius 3 is 2.67 bits per heavy atom. The molecule has 86 valence electrons. The van der Waals surface area contributed by atoms with Crippen LogP contribution in [0, 0.1) is 5.92 Å². The van der Waals surface area contributed by atoms with Crippen molar-refractivity contribution in [3.63, 3.8) is 0 Å². The highest BCUT2D eigenvalue weighted by Crippen LogP contribution is 2.48. The van der Waals surface area contributed by atoms with Gasteiger partial charge in [-0.25, -0.2) is 0 Å². The zero-order chi connectivity index (χ0) is 11.1. The van der Waals surface area contributed by atoms with Crippen LogP contribution >= 0.6 is 0 Å². The average molecular weight is 209 g/mol. The molecule has 15 heavy (non-hydrogen) atoms. The van der Waals surface area contributed by atoms with Crippen molar-refractivity contribution in [1.29, 1.82) is 0 Å². The summed E-state index contributed by atoms with van der Waals surface area (Å²) in [5, 5.41) is 0. The van der Waals surface area contributed by atoms with E-state index in [0.717, 1.165) is 24.8 Å². The molecule has 2 aliphatic rings. The third-order valence-electron chi connectivity index (χ3n) is 4.22. The molecule has 1 saturated carbocycles. The van der Waals surface area contributed by atoms with Crippen LogP contribution < -0.4 is 5.73 Å². The number of hydrogen-bond acceptors (Lipinski definition) is 3. The molecule has 1 heterocycles. The second-order valence-electron chi connectivity index (χ2n) is 5.03. The topological polar surface area (TPSA) is 41.6 Å². The van der Waals surface area contributed by atoms with Gasteiger partial charge in [0, 0.05) is 6.04 Å². The van der Waals surface area contributed by atoms with E-state index in [1.165, 1.54) is 19.3 Å². The number of hydrogen-bond donors (Lipinski definition) is 1. The molecule has 3 nitrogen and oxygen atoms in total. The Labute approximate surface area is 92.7 Å². The molecule has 2 rings (SSSR count). The van der Waals surface area contributed by atoms with Gasteiger partial charge in [-0.05, 0) is 38.5 Å². The van der Waals surface area contributed by atoms with Gasteiger partial charge in [0.1, 0.15) is 0 Å². The molecule has 0 saturated heterocycles. The van der Waals surface area contributed by atoms with Crippen LogP contribution in [0.2, 0.25) is 0 Å². The molecule has 0 bridgehead atoms. The van der Waals surface area contributed by atoms with E-state index < -0.39 is 0 Å². The summed E-state index contributed by atoms with van der Waals surface area (Å²) in [5.74, 6) is 1.61. The highest BCUT2D eigenvalue weighted by atomic mass is 15.4. The standard InChI is InChI=1S/C12H23N3/c1-4-9(3)15-11(13)14-8-12(15,5-2)10-6-7-10/h9-10H,4-8H2,1-3H3,(H2,13,14). The molecule has 2 atom stereocenters. The number of rotatable bonds is 4. The fourth-order valence-corrected chi connectivity index (χ4v) is 2.96. The highest BCUT2D eigenvalue weighted by molar-refractivity contribution is 5.81. The van der Waals surface area contributed by atoms with Crippen molar-refractivity contribution >= 4 is 5.96 Å². The second-order valence-corrected chi connectivity index (χ2v) is 5.03. The predicted molar refractivity (Wildman–Crippen MR) is 63.8 cm³/mol. The van der Waals surface area contributed by atoms with Crippen molar-refractivity contribution < 1.29 is 0 Å². The van der Waals surface area contributed by atoms with Crippen molar-refractivity contribution in [2.24, 2.45) is 16.6 Å². The van der Waals surface area contributed by atoms with Gasteiger partial charge in [0.25, 0.3) is 0 Å². The Morgan fingerprint density at radius 2 is 2.20 bits per heavy atom. The van der Waals surface area contributed by atoms with E-state index >= 15 is 0 Å². The molecule has 0 amide bonds. The first-order valence-corrected chi connectivity index (χ1v) is 6.25. The summed E-state index contributed by atoms with van der Waals surface area (Å²) in [6.07, 6.45) is 5.05. The minimum Gasteiger partial charge on any atom is -0.370 e. The lowest BCUT2D eigenvalue weighted by Crippen LogP contribution is -2.56. The first kappa shape index (κ1) is 10.8. The number of guanidine groups is 1. The molecule has 1 aliphatic carbocycles. The summed E-state index contributed by atoms with van der Waals surface area (Å²) >= 11 is 0. The maximum atomic E-state index is 6.05. The van der Waals surface area contributed by atoms with Crippen molar-refractivity contribution in [2.75, 3.05) is 6.54 Å². The van der Waals surface area contributed by atoms with Crippen LogP contribution in [0.1, 0.15) is 46.5 Å². The van der Waals surface area contributed by atoms with Crippen LogP contribution in [0.25, 0.3) is 0 Å². The van der Waals surface area contributed by atoms with E-state index in [-0.39, 0.29) is 5.54 Å². The van der Waals surface area contributed by atoms with Crippen LogP contribution in [0.4, 0.5) is 0 Å². The van der Waals surface area contributed by atoms with Crippen LogP contribution in [-0.4, -0.2) is 29.0 Å². The van der Waals surface area contributed by atoms with Crippen LogP contribution in [-0.2, 0) is 0 Å². The largest absolute Gasteiger partial charge is 0.370 e. The molecular formula is C12H23N3. The van der Waals surface area contributed by atoms with Gasteiger partial charge in [-0.15, -0.1) is 0 Å². The number of nitrogens with zero attached hydrogens (tertiary/aromatic N) is 2. The third-order valence-corrected chi connectivity index (χ3v) is 4.22. The van der Waals surface area contributed by atoms with E-state index in [0.29, 0.717) is 6.04 Å². The molecule has 1 fully saturated rings. The summed E-state index contributed by atoms with van der Waals surface area (Å²) in [5.41, 5.74) is 6.31. The third kappa shape index (κ3) is 1.52. The smallest absolute Gasteiger partial charge is 0.192 e. The molecule has 3 heteroatoms. The first-order valence-electron chi connectivity index (χ1n) is 6.25. The van der Waals surface area contributed by atoms with Gasteiger partial charge in [-0.3, -0.25) is 4.99 Å². The normalized spacial score (nSPS) is 33.0. The van der Waals surface area contributed by atoms with Crippen molar-refractivity contribution in [2.45, 2.75) is 58.0 Å². The lowest BCUT2D eigenvalue weighted by atomic mass is 9.87. The van der Waals surface area contributed by atoms with Crippen LogP contribution in [0.3, 0.4) is 0 Å². The van der Waals surface area contributed by atoms with E-state index in [1.807, 2.05) is 0 Å². The highest BCUT2D eigenvalue weighted by Gasteiger charge is 2.52. The monoisotopic (exact) mass is 209 g/mol. The van der Waals surface area contributed by atoms with E-state index in [4.69, 9.17) is 5.73 Å². The zero-order valence-corrected chi connectivity index (χ0v) is 10.2. The van der Waals surface area contributed by atoms with Gasteiger partial charge in [0.2, 0.25) is 0 Å². The van der Waals surface area contributed by atoms with Crippen LogP contribution in [0.5, 0.6) is 0 Å². The van der Waals surface area contributed by atoms with Gasteiger partial charge >= 0.3 is 0 Å². The summed E-state index contributed by atoms with van der Waals surface area (Å²) in [6, 6.07) is 0.525. The van der Waals surface area contributed by atoms with Gasteiger partial charge in [-0.1, -0.05) is 13.8 Å². The first-order chi connectivity index (χ1) is 7.15. The number of aliphatic imine (C=N–C) groups is 1. The Hall–Kier alpha value is -0.730. The fraction of sp³-hybridized carbons (Fsp3) is 0.917. The quantitative estimate of drug-likeness (QED) is 0.769. The Kier molecular flexibility index (Phi) is 2.65. The van der Waals surface area contributed by atoms with Gasteiger partial charge in [0.05, 0.1) is 12.1 Å². The lowest BCUT2D eigenvalue weighted by molar-refractivity contribution is 0.123. The average Bonchev–Trinajstić information content (AvgIpc) is 3.03. The Morgan fingerprint density at radius 1 is 1.53 bits per heavy atom. The summed E-state index contributed by atoms with van der Waals surface area (Å²) in [4.78, 5) is 6.90. The predicted octanol–water partition coefficient (Wildman–Crippen LogP) is 1.97. The second kappa shape index (κ2) is 3.69. The van der Waals surface area contributed by atoms with E-state index in [9.17, 15) is 0 Å². The molecule has 0 spiro atoms. The summed E-state index contributed by atoms with van der Waals surface area (Å²) in [7, 11) is 0. The molecule has 0 radical (unpaired) electrons. The van der Waals surface area contributed by atoms with Crippen molar-refractivity contribution in [3.8, 4) is 0 Å². The molecule has 0 aromatic carbocycles. The molecule has 0 aromatic heterocycles. The minimum atomic E-state index is 0.263. The van der Waals surface area contributed by atoms with Gasteiger partial charge in [-0.2, -0.15) is 0 Å². The zero-order valence-electron chi connectivity index (χ0n) is 10.2. The van der Waals surface area contributed by atoms with E-state index in [1.54, 1.807) is 0 Å². The van der Waals surface area contributed by atoms with Crippen LogP contribution in [0.15, 0.2) is 4.99 Å². The minimum absolute atomic E-state index is 0.263. The molecular weight excluding hydrogens is 186 g/mol. The maximum absolute atomic E-state index is 6.05. The maximum Gasteiger partial charge on any atom is 0.192 e. The lowest BCUT2D eigenvalue weighted by Gasteiger charge is -2.42. The Bertz CT molecular complexity index is 270. The van der Waals surface area contributed by atoms with Crippen molar-refractivity contribution in [3.05, 3.63) is 0 Å². The van der Waals surface area contributed by atoms with Gasteiger partial charge < -0.3 is 10.6 Å². The summed E-state index contributed by atoms with van der Waals surface area (Å²) < 4.78 is 0. The van der Waals surface area contributed by atoms with E-state index in [2.05, 4.69) is 30.7 Å². The molecule has 1 aliphatic heterocycles. The molecule has 0 aromatic rings.